The van der Waals surface area contributed by atoms with Crippen molar-refractivity contribution < 1.29 is 8.83 Å². The minimum atomic E-state index is -0.299. The van der Waals surface area contributed by atoms with E-state index in [9.17, 15) is 5.26 Å². The third kappa shape index (κ3) is 7.64. The Bertz CT molecular complexity index is 4230. The molecule has 15 rings (SSSR count). The Kier molecular flexibility index (Phi) is 11.1. The van der Waals surface area contributed by atoms with Crippen LogP contribution in [-0.2, 0) is 5.41 Å². The maximum atomic E-state index is 9.85. The number of nitriles is 1. The predicted octanol–water partition coefficient (Wildman–Crippen LogP) is 21.6. The smallest absolute Gasteiger partial charge is 0.187 e. The quantitative estimate of drug-likeness (QED) is 0.142. The lowest BCUT2D eigenvalue weighted by atomic mass is 9.81. The fraction of sp³-hybridized carbons (Fsp3) is 0.205. The monoisotopic (exact) mass is 1020 g/mol. The maximum absolute atomic E-state index is 9.85. The van der Waals surface area contributed by atoms with Crippen molar-refractivity contribution in [1.29, 1.82) is 5.26 Å². The van der Waals surface area contributed by atoms with Crippen LogP contribution in [0, 0.1) is 17.9 Å². The summed E-state index contributed by atoms with van der Waals surface area (Å²) < 4.78 is 14.2. The molecule has 0 saturated heterocycles. The van der Waals surface area contributed by atoms with Crippen molar-refractivity contribution in [1.82, 2.24) is 0 Å². The van der Waals surface area contributed by atoms with Crippen molar-refractivity contribution in [3.63, 3.8) is 0 Å². The zero-order valence-corrected chi connectivity index (χ0v) is 44.7. The van der Waals surface area contributed by atoms with Crippen LogP contribution in [0.2, 0.25) is 0 Å². The van der Waals surface area contributed by atoms with E-state index in [1.165, 1.54) is 108 Å². The average Bonchev–Trinajstić information content (AvgIpc) is 4.15. The molecule has 0 aliphatic heterocycles. The Hall–Kier alpha value is -9.10. The molecular weight excluding hydrogens is 965 g/mol. The van der Waals surface area contributed by atoms with Gasteiger partial charge >= 0.3 is 0 Å². The normalized spacial score (nSPS) is 15.4. The Balaban J connectivity index is 0.834. The van der Waals surface area contributed by atoms with Gasteiger partial charge in [0.15, 0.2) is 16.9 Å². The molecule has 0 amide bonds. The van der Waals surface area contributed by atoms with Gasteiger partial charge in [0.25, 0.3) is 0 Å². The van der Waals surface area contributed by atoms with Crippen molar-refractivity contribution in [2.45, 2.75) is 95.3 Å². The number of furan rings is 2. The molecule has 2 fully saturated rings. The Morgan fingerprint density at radius 3 is 1.32 bits per heavy atom. The van der Waals surface area contributed by atoms with Gasteiger partial charge < -0.3 is 18.6 Å². The number of benzene rings is 10. The molecule has 0 radical (unpaired) electrons. The van der Waals surface area contributed by atoms with Gasteiger partial charge in [0.2, 0.25) is 0 Å². The molecule has 382 valence electrons. The van der Waals surface area contributed by atoms with E-state index < -0.39 is 0 Å². The molecule has 2 heterocycles. The lowest BCUT2D eigenvalue weighted by Gasteiger charge is -2.27. The van der Waals surface area contributed by atoms with E-state index in [1.807, 2.05) is 36.4 Å². The molecule has 0 bridgehead atoms. The second kappa shape index (κ2) is 18.5. The molecule has 6 heteroatoms. The molecule has 0 spiro atoms. The van der Waals surface area contributed by atoms with E-state index >= 15 is 0 Å². The van der Waals surface area contributed by atoms with Crippen LogP contribution >= 0.6 is 0 Å². The third-order valence-corrected chi connectivity index (χ3v) is 18.2. The van der Waals surface area contributed by atoms with Crippen molar-refractivity contribution in [3.8, 4) is 17.2 Å². The lowest BCUT2D eigenvalue weighted by molar-refractivity contribution is 0.442. The van der Waals surface area contributed by atoms with Gasteiger partial charge in [-0.1, -0.05) is 137 Å². The molecule has 0 unspecified atom stereocenters. The van der Waals surface area contributed by atoms with Gasteiger partial charge in [0.1, 0.15) is 11.2 Å². The first kappa shape index (κ1) is 47.1. The topological polar surface area (TPSA) is 60.9 Å². The van der Waals surface area contributed by atoms with Gasteiger partial charge in [-0.25, -0.2) is 4.85 Å². The lowest BCUT2D eigenvalue weighted by Crippen LogP contribution is -2.15. The van der Waals surface area contributed by atoms with Crippen LogP contribution in [0.25, 0.3) is 81.4 Å². The van der Waals surface area contributed by atoms with E-state index in [4.69, 9.17) is 15.4 Å². The van der Waals surface area contributed by atoms with Gasteiger partial charge in [-0.05, 0) is 190 Å². The van der Waals surface area contributed by atoms with Gasteiger partial charge in [-0.15, -0.1) is 0 Å². The van der Waals surface area contributed by atoms with Crippen LogP contribution < -0.4 is 9.80 Å². The number of nitrogens with zero attached hydrogens (tertiary/aromatic N) is 4. The van der Waals surface area contributed by atoms with E-state index in [0.717, 1.165) is 88.8 Å². The first-order chi connectivity index (χ1) is 38.8. The van der Waals surface area contributed by atoms with Crippen LogP contribution in [0.5, 0.6) is 0 Å². The molecule has 6 nitrogen and oxygen atoms in total. The summed E-state index contributed by atoms with van der Waals surface area (Å²) in [6, 6.07) is 67.9. The second-order valence-corrected chi connectivity index (χ2v) is 23.1. The van der Waals surface area contributed by atoms with E-state index in [-0.39, 0.29) is 5.41 Å². The van der Waals surface area contributed by atoms with Crippen molar-refractivity contribution in [3.05, 3.63) is 221 Å². The average molecular weight is 1020 g/mol. The van der Waals surface area contributed by atoms with Crippen LogP contribution in [0.4, 0.5) is 39.8 Å². The highest BCUT2D eigenvalue weighted by Crippen LogP contribution is 2.53. The summed E-state index contributed by atoms with van der Waals surface area (Å²) in [6.45, 7) is 12.5. The van der Waals surface area contributed by atoms with Crippen molar-refractivity contribution in [2.24, 2.45) is 0 Å². The van der Waals surface area contributed by atoms with Gasteiger partial charge in [0, 0.05) is 49.7 Å². The fourth-order valence-corrected chi connectivity index (χ4v) is 14.2. The Morgan fingerprint density at radius 1 is 0.456 bits per heavy atom. The van der Waals surface area contributed by atoms with Gasteiger partial charge in [-0.2, -0.15) is 5.26 Å². The molecule has 12 aromatic rings. The molecule has 79 heavy (non-hydrogen) atoms. The molecule has 3 aliphatic carbocycles. The van der Waals surface area contributed by atoms with Crippen LogP contribution in [0.3, 0.4) is 0 Å². The summed E-state index contributed by atoms with van der Waals surface area (Å²) in [5.74, 6) is 1.01. The highest BCUT2D eigenvalue weighted by atomic mass is 16.3. The number of rotatable bonds is 8. The molecular formula is C73H58N4O2. The largest absolute Gasteiger partial charge is 0.454 e. The summed E-state index contributed by atoms with van der Waals surface area (Å²) >= 11 is 0. The summed E-state index contributed by atoms with van der Waals surface area (Å²) in [5.41, 5.74) is 18.3. The Morgan fingerprint density at radius 2 is 0.873 bits per heavy atom. The predicted molar refractivity (Wildman–Crippen MR) is 326 cm³/mol. The minimum absolute atomic E-state index is 0.299. The van der Waals surface area contributed by atoms with Gasteiger partial charge in [-0.3, -0.25) is 0 Å². The SMILES string of the molecule is [C-]#[N+]c1ccc(N(c2ccc3cc4c(cc3c2)C(C)(C)c2cc3cc(N(c5ccc(C#N)cc5)c5cccc6c5oc5c(C7CCCCC7)cccc56)ccc3cc2-4)c2cccc3c2oc2c(C4CCCCC4)cccc23)cc1. The summed E-state index contributed by atoms with van der Waals surface area (Å²) in [7, 11) is 0. The molecule has 2 aromatic heterocycles. The van der Waals surface area contributed by atoms with Crippen LogP contribution in [-0.4, -0.2) is 0 Å². The summed E-state index contributed by atoms with van der Waals surface area (Å²) in [4.78, 5) is 8.35. The number of fused-ring (bicyclic) bond motifs is 11. The number of para-hydroxylation sites is 4. The Labute approximate surface area is 460 Å². The highest BCUT2D eigenvalue weighted by molar-refractivity contribution is 6.13. The molecule has 0 N–H and O–H groups in total. The minimum Gasteiger partial charge on any atom is -0.454 e. The number of hydrogen-bond acceptors (Lipinski definition) is 5. The van der Waals surface area contributed by atoms with Gasteiger partial charge in [0.05, 0.1) is 29.6 Å². The van der Waals surface area contributed by atoms with Crippen molar-refractivity contribution >= 4 is 105 Å². The van der Waals surface area contributed by atoms with Crippen LogP contribution in [0.15, 0.2) is 191 Å². The first-order valence-electron chi connectivity index (χ1n) is 28.4. The van der Waals surface area contributed by atoms with Crippen LogP contribution in [0.1, 0.15) is 118 Å². The third-order valence-electron chi connectivity index (χ3n) is 18.2. The standard InChI is InChI=1S/C73H58N4O2/c1-73(2)65-42-50-38-55(76(53-32-26-45(44-74)27-33-53)67-24-12-22-61-59-20-10-18-57(69(59)78-71(61)67)46-14-6-4-7-15-46)34-28-48(50)40-63(65)64-41-49-29-35-56(39-51(49)43-66(64)73)77(54-36-30-52(75-3)31-37-54)68-25-13-23-62-60-21-11-19-58(70(60)79-72(62)68)47-16-8-5-9-17-47/h10-13,18-43,46-47H,4-9,14-17H2,1-2H3. The molecule has 0 atom stereocenters. The van der Waals surface area contributed by atoms with Crippen molar-refractivity contribution in [2.75, 3.05) is 9.80 Å². The second-order valence-electron chi connectivity index (χ2n) is 23.1. The zero-order chi connectivity index (χ0) is 52.9. The molecule has 10 aromatic carbocycles. The summed E-state index contributed by atoms with van der Waals surface area (Å²) in [6.07, 6.45) is 12.5. The zero-order valence-electron chi connectivity index (χ0n) is 44.7. The van der Waals surface area contributed by atoms with E-state index in [0.29, 0.717) is 23.1 Å². The number of hydrogen-bond donors (Lipinski definition) is 0. The molecule has 2 saturated carbocycles. The highest BCUT2D eigenvalue weighted by Gasteiger charge is 2.37. The number of anilines is 6. The molecule has 3 aliphatic rings. The van der Waals surface area contributed by atoms with E-state index in [2.05, 4.69) is 180 Å². The maximum Gasteiger partial charge on any atom is 0.187 e. The summed E-state index contributed by atoms with van der Waals surface area (Å²) in [5, 5.41) is 19.1. The first-order valence-corrected chi connectivity index (χ1v) is 28.4. The van der Waals surface area contributed by atoms with E-state index in [1.54, 1.807) is 0 Å². The fourth-order valence-electron chi connectivity index (χ4n) is 14.2.